The number of imide groups is 1. The lowest BCUT2D eigenvalue weighted by molar-refractivity contribution is -0.113. The minimum atomic E-state index is -0.506. The zero-order valence-corrected chi connectivity index (χ0v) is 17.2. The molecule has 0 bridgehead atoms. The van der Waals surface area contributed by atoms with E-state index in [9.17, 15) is 9.59 Å². The first-order valence-corrected chi connectivity index (χ1v) is 9.86. The molecule has 1 fully saturated rings. The molecule has 3 amide bonds. The third-order valence-electron chi connectivity index (χ3n) is 4.51. The number of halogens is 2. The first kappa shape index (κ1) is 20.0. The van der Waals surface area contributed by atoms with Crippen LogP contribution >= 0.6 is 23.2 Å². The summed E-state index contributed by atoms with van der Waals surface area (Å²) < 4.78 is 5.76. The van der Waals surface area contributed by atoms with Crippen molar-refractivity contribution in [2.24, 2.45) is 0 Å². The largest absolute Gasteiger partial charge is 0.489 e. The molecule has 0 aliphatic carbocycles. The first-order chi connectivity index (χ1) is 14.5. The highest BCUT2D eigenvalue weighted by Gasteiger charge is 2.34. The van der Waals surface area contributed by atoms with E-state index in [4.69, 9.17) is 27.9 Å². The molecule has 3 aromatic carbocycles. The second-order valence-electron chi connectivity index (χ2n) is 6.55. The van der Waals surface area contributed by atoms with Crippen LogP contribution in [0.4, 0.5) is 10.5 Å². The maximum Gasteiger partial charge on any atom is 0.333 e. The lowest BCUT2D eigenvalue weighted by Crippen LogP contribution is -2.30. The van der Waals surface area contributed by atoms with Crippen LogP contribution < -0.4 is 15.0 Å². The molecule has 1 aliphatic rings. The molecule has 3 aromatic rings. The Balaban J connectivity index is 1.46. The maximum absolute atomic E-state index is 12.7. The molecule has 5 nitrogen and oxygen atoms in total. The van der Waals surface area contributed by atoms with E-state index in [0.29, 0.717) is 28.1 Å². The van der Waals surface area contributed by atoms with Crippen molar-refractivity contribution in [3.05, 3.63) is 99.7 Å². The van der Waals surface area contributed by atoms with Crippen LogP contribution in [0.15, 0.2) is 78.5 Å². The smallest absolute Gasteiger partial charge is 0.333 e. The highest BCUT2D eigenvalue weighted by molar-refractivity contribution is 6.31. The molecule has 1 saturated heterocycles. The van der Waals surface area contributed by atoms with Gasteiger partial charge in [0.1, 0.15) is 18.1 Å². The predicted molar refractivity (Wildman–Crippen MR) is 118 cm³/mol. The lowest BCUT2D eigenvalue weighted by atomic mass is 10.2. The van der Waals surface area contributed by atoms with Crippen LogP contribution in [0.1, 0.15) is 11.1 Å². The van der Waals surface area contributed by atoms with Gasteiger partial charge >= 0.3 is 6.03 Å². The van der Waals surface area contributed by atoms with Crippen molar-refractivity contribution in [2.75, 3.05) is 4.90 Å². The molecular weight excluding hydrogens is 423 g/mol. The SMILES string of the molecule is O=C1N/C(=C/c2ccc(OCc3ccccc3Cl)cc2)C(=O)N1c1ccc(Cl)cc1. The molecule has 0 radical (unpaired) electrons. The molecule has 30 heavy (non-hydrogen) atoms. The molecule has 7 heteroatoms. The minimum Gasteiger partial charge on any atom is -0.489 e. The number of nitrogens with one attached hydrogen (secondary N) is 1. The zero-order valence-electron chi connectivity index (χ0n) is 15.6. The Morgan fingerprint density at radius 3 is 2.30 bits per heavy atom. The Bertz CT molecular complexity index is 1130. The summed E-state index contributed by atoms with van der Waals surface area (Å²) in [6.45, 7) is 0.352. The number of amides is 3. The van der Waals surface area contributed by atoms with E-state index in [1.165, 1.54) is 0 Å². The number of hydrogen-bond donors (Lipinski definition) is 1. The van der Waals surface area contributed by atoms with Gasteiger partial charge < -0.3 is 10.1 Å². The van der Waals surface area contributed by atoms with Crippen LogP contribution in [-0.4, -0.2) is 11.9 Å². The van der Waals surface area contributed by atoms with Crippen LogP contribution in [0, 0.1) is 0 Å². The van der Waals surface area contributed by atoms with Gasteiger partial charge in [0.2, 0.25) is 0 Å². The normalized spacial score (nSPS) is 14.9. The monoisotopic (exact) mass is 438 g/mol. The quantitative estimate of drug-likeness (QED) is 0.412. The molecule has 1 aliphatic heterocycles. The third kappa shape index (κ3) is 4.32. The van der Waals surface area contributed by atoms with E-state index in [1.54, 1.807) is 54.6 Å². The number of carbonyl (C=O) groups is 2. The van der Waals surface area contributed by atoms with Crippen molar-refractivity contribution in [3.8, 4) is 5.75 Å². The summed E-state index contributed by atoms with van der Waals surface area (Å²) in [4.78, 5) is 26.0. The van der Waals surface area contributed by atoms with Crippen molar-refractivity contribution in [2.45, 2.75) is 6.61 Å². The average Bonchev–Trinajstić information content (AvgIpc) is 3.02. The summed E-state index contributed by atoms with van der Waals surface area (Å²) in [7, 11) is 0. The zero-order chi connectivity index (χ0) is 21.1. The van der Waals surface area contributed by atoms with Gasteiger partial charge in [-0.2, -0.15) is 0 Å². The van der Waals surface area contributed by atoms with Crippen LogP contribution in [-0.2, 0) is 11.4 Å². The van der Waals surface area contributed by atoms with Gasteiger partial charge in [-0.1, -0.05) is 53.5 Å². The van der Waals surface area contributed by atoms with Crippen molar-refractivity contribution >= 4 is 46.9 Å². The number of urea groups is 1. The van der Waals surface area contributed by atoms with Gasteiger partial charge in [0.25, 0.3) is 5.91 Å². The van der Waals surface area contributed by atoms with Crippen molar-refractivity contribution in [1.29, 1.82) is 0 Å². The van der Waals surface area contributed by atoms with Crippen LogP contribution in [0.25, 0.3) is 6.08 Å². The van der Waals surface area contributed by atoms with Gasteiger partial charge in [0, 0.05) is 15.6 Å². The molecule has 0 atom stereocenters. The van der Waals surface area contributed by atoms with Gasteiger partial charge in [-0.15, -0.1) is 0 Å². The first-order valence-electron chi connectivity index (χ1n) is 9.10. The number of anilines is 1. The topological polar surface area (TPSA) is 58.6 Å². The van der Waals surface area contributed by atoms with Gasteiger partial charge in [0.15, 0.2) is 0 Å². The number of ether oxygens (including phenoxy) is 1. The number of hydrogen-bond acceptors (Lipinski definition) is 3. The Kier molecular flexibility index (Phi) is 5.74. The van der Waals surface area contributed by atoms with Crippen molar-refractivity contribution in [3.63, 3.8) is 0 Å². The Morgan fingerprint density at radius 2 is 1.60 bits per heavy atom. The number of benzene rings is 3. The van der Waals surface area contributed by atoms with Gasteiger partial charge in [-0.25, -0.2) is 9.69 Å². The van der Waals surface area contributed by atoms with Gasteiger partial charge in [-0.05, 0) is 54.1 Å². The summed E-state index contributed by atoms with van der Waals surface area (Å²) in [5, 5.41) is 3.78. The number of carbonyl (C=O) groups excluding carboxylic acids is 2. The molecule has 0 spiro atoms. The number of rotatable bonds is 5. The van der Waals surface area contributed by atoms with Crippen molar-refractivity contribution < 1.29 is 14.3 Å². The summed E-state index contributed by atoms with van der Waals surface area (Å²) in [6, 6.07) is 20.7. The second-order valence-corrected chi connectivity index (χ2v) is 7.40. The molecule has 1 N–H and O–H groups in total. The predicted octanol–water partition coefficient (Wildman–Crippen LogP) is 5.67. The van der Waals surface area contributed by atoms with E-state index in [1.807, 2.05) is 24.3 Å². The van der Waals surface area contributed by atoms with Crippen LogP contribution in [0.2, 0.25) is 10.0 Å². The van der Waals surface area contributed by atoms with E-state index < -0.39 is 11.9 Å². The molecule has 1 heterocycles. The molecule has 0 unspecified atom stereocenters. The number of nitrogens with zero attached hydrogens (tertiary/aromatic N) is 1. The Hall–Kier alpha value is -3.28. The lowest BCUT2D eigenvalue weighted by Gasteiger charge is -2.11. The average molecular weight is 439 g/mol. The highest BCUT2D eigenvalue weighted by atomic mass is 35.5. The third-order valence-corrected chi connectivity index (χ3v) is 5.13. The van der Waals surface area contributed by atoms with Crippen LogP contribution in [0.5, 0.6) is 5.75 Å². The molecule has 0 saturated carbocycles. The Morgan fingerprint density at radius 1 is 0.900 bits per heavy atom. The fourth-order valence-electron chi connectivity index (χ4n) is 2.96. The standard InChI is InChI=1S/C23H16Cl2N2O3/c24-17-7-9-18(10-8-17)27-22(28)21(26-23(27)29)13-15-5-11-19(12-6-15)30-14-16-3-1-2-4-20(16)25/h1-13H,14H2,(H,26,29)/b21-13+. The molecular formula is C23H16Cl2N2O3. The summed E-state index contributed by atoms with van der Waals surface area (Å²) in [5.74, 6) is 0.239. The summed E-state index contributed by atoms with van der Waals surface area (Å²) >= 11 is 12.0. The maximum atomic E-state index is 12.7. The van der Waals surface area contributed by atoms with E-state index >= 15 is 0 Å². The second kappa shape index (κ2) is 8.61. The van der Waals surface area contributed by atoms with Crippen LogP contribution in [0.3, 0.4) is 0 Å². The van der Waals surface area contributed by atoms with E-state index in [-0.39, 0.29) is 5.70 Å². The fourth-order valence-corrected chi connectivity index (χ4v) is 3.28. The molecule has 0 aromatic heterocycles. The summed E-state index contributed by atoms with van der Waals surface area (Å²) in [6.07, 6.45) is 1.62. The highest BCUT2D eigenvalue weighted by Crippen LogP contribution is 2.25. The Labute approximate surface area is 183 Å². The molecule has 150 valence electrons. The van der Waals surface area contributed by atoms with Crippen molar-refractivity contribution in [1.82, 2.24) is 5.32 Å². The van der Waals surface area contributed by atoms with E-state index in [2.05, 4.69) is 5.32 Å². The fraction of sp³-hybridized carbons (Fsp3) is 0.0435. The minimum absolute atomic E-state index is 0.194. The van der Waals surface area contributed by atoms with Gasteiger partial charge in [-0.3, -0.25) is 4.79 Å². The van der Waals surface area contributed by atoms with Gasteiger partial charge in [0.05, 0.1) is 5.69 Å². The summed E-state index contributed by atoms with van der Waals surface area (Å²) in [5.41, 5.74) is 2.29. The van der Waals surface area contributed by atoms with E-state index in [0.717, 1.165) is 16.0 Å². The molecule has 4 rings (SSSR count).